The molecule has 31 heavy (non-hydrogen) atoms. The minimum absolute atomic E-state index is 0.00671. The van der Waals surface area contributed by atoms with Crippen molar-refractivity contribution in [3.05, 3.63) is 60.6 Å². The van der Waals surface area contributed by atoms with Crippen molar-refractivity contribution in [3.8, 4) is 17.2 Å². The summed E-state index contributed by atoms with van der Waals surface area (Å²) in [6, 6.07) is 9.45. The number of halogens is 2. The van der Waals surface area contributed by atoms with E-state index in [0.29, 0.717) is 11.5 Å². The summed E-state index contributed by atoms with van der Waals surface area (Å²) in [7, 11) is -3.90. The second kappa shape index (κ2) is 10.0. The number of phenolic OH excluding ortho intramolecular Hbond substituents is 1. The van der Waals surface area contributed by atoms with Gasteiger partial charge in [0.1, 0.15) is 22.1 Å². The third kappa shape index (κ3) is 5.88. The number of hydrogen-bond acceptors (Lipinski definition) is 7. The van der Waals surface area contributed by atoms with E-state index >= 15 is 0 Å². The highest BCUT2D eigenvalue weighted by Crippen LogP contribution is 2.33. The third-order valence-electron chi connectivity index (χ3n) is 4.38. The summed E-state index contributed by atoms with van der Waals surface area (Å²) in [5, 5.41) is 22.9. The first-order chi connectivity index (χ1) is 14.6. The first-order valence-electron chi connectivity index (χ1n) is 9.11. The number of benzene rings is 2. The molecule has 0 aliphatic rings. The Balaban J connectivity index is 1.78. The van der Waals surface area contributed by atoms with E-state index in [1.54, 1.807) is 31.2 Å². The summed E-state index contributed by atoms with van der Waals surface area (Å²) in [6.45, 7) is 2.71. The van der Waals surface area contributed by atoms with E-state index in [-0.39, 0.29) is 35.1 Å². The van der Waals surface area contributed by atoms with E-state index in [2.05, 4.69) is 55.1 Å². The van der Waals surface area contributed by atoms with Crippen molar-refractivity contribution < 1.29 is 27.9 Å². The van der Waals surface area contributed by atoms with Crippen LogP contribution in [0.4, 0.5) is 0 Å². The van der Waals surface area contributed by atoms with Crippen molar-refractivity contribution in [1.29, 1.82) is 0 Å². The van der Waals surface area contributed by atoms with Crippen LogP contribution in [0.5, 0.6) is 17.2 Å². The van der Waals surface area contributed by atoms with Gasteiger partial charge >= 0.3 is 0 Å². The molecule has 8 nitrogen and oxygen atoms in total. The predicted octanol–water partition coefficient (Wildman–Crippen LogP) is 3.88. The number of aliphatic hydroxyl groups excluding tert-OH is 1. The molecule has 1 unspecified atom stereocenters. The molecule has 0 amide bonds. The summed E-state index contributed by atoms with van der Waals surface area (Å²) >= 11 is 4.30. The Kier molecular flexibility index (Phi) is 7.83. The molecular formula is C20H20I2N2O6S. The highest BCUT2D eigenvalue weighted by atomic mass is 127. The fourth-order valence-electron chi connectivity index (χ4n) is 3.02. The van der Waals surface area contributed by atoms with Gasteiger partial charge in [0.25, 0.3) is 0 Å². The molecule has 11 heteroatoms. The van der Waals surface area contributed by atoms with Crippen LogP contribution in [-0.2, 0) is 16.4 Å². The van der Waals surface area contributed by atoms with Crippen LogP contribution in [-0.4, -0.2) is 36.4 Å². The van der Waals surface area contributed by atoms with E-state index in [1.807, 2.05) is 12.1 Å². The summed E-state index contributed by atoms with van der Waals surface area (Å²) in [5.41, 5.74) is 1.11. The maximum Gasteiger partial charge on any atom is 0.246 e. The van der Waals surface area contributed by atoms with Gasteiger partial charge in [-0.1, -0.05) is 5.16 Å². The number of aromatic hydroxyl groups is 1. The third-order valence-corrected chi connectivity index (χ3v) is 7.74. The van der Waals surface area contributed by atoms with Gasteiger partial charge in [0.15, 0.2) is 11.5 Å². The quantitative estimate of drug-likeness (QED) is 0.311. The molecule has 2 aromatic carbocycles. The summed E-state index contributed by atoms with van der Waals surface area (Å²) < 4.78 is 40.6. The lowest BCUT2D eigenvalue weighted by Gasteiger charge is -2.18. The molecule has 1 heterocycles. The fraction of sp³-hybridized carbons (Fsp3) is 0.250. The number of ether oxygens (including phenoxy) is 1. The fourth-order valence-corrected chi connectivity index (χ4v) is 6.70. The first kappa shape index (κ1) is 24.2. The molecule has 0 aliphatic carbocycles. The molecule has 0 saturated heterocycles. The molecule has 0 fully saturated rings. The zero-order valence-corrected chi connectivity index (χ0v) is 21.7. The first-order valence-corrected chi connectivity index (χ1v) is 12.8. The Morgan fingerprint density at radius 2 is 1.77 bits per heavy atom. The molecule has 0 radical (unpaired) electrons. The molecule has 1 atom stereocenters. The Morgan fingerprint density at radius 3 is 2.29 bits per heavy atom. The maximum absolute atomic E-state index is 12.7. The van der Waals surface area contributed by atoms with E-state index in [9.17, 15) is 18.6 Å². The van der Waals surface area contributed by atoms with Crippen LogP contribution in [0, 0.1) is 21.0 Å². The molecule has 3 aromatic rings. The maximum atomic E-state index is 12.7. The second-order valence-corrected chi connectivity index (χ2v) is 10.8. The molecule has 0 bridgehead atoms. The zero-order valence-electron chi connectivity index (χ0n) is 16.6. The Hall–Kier alpha value is -1.42. The minimum atomic E-state index is -3.90. The van der Waals surface area contributed by atoms with Gasteiger partial charge in [0.2, 0.25) is 10.0 Å². The van der Waals surface area contributed by atoms with E-state index in [0.717, 1.165) is 12.7 Å². The molecule has 1 aromatic heterocycles. The lowest BCUT2D eigenvalue weighted by molar-refractivity contribution is 0.256. The Morgan fingerprint density at radius 1 is 1.16 bits per heavy atom. The van der Waals surface area contributed by atoms with Crippen LogP contribution in [0.2, 0.25) is 0 Å². The van der Waals surface area contributed by atoms with E-state index in [1.165, 1.54) is 6.92 Å². The van der Waals surface area contributed by atoms with Crippen LogP contribution in [0.3, 0.4) is 0 Å². The van der Waals surface area contributed by atoms with E-state index in [4.69, 9.17) is 9.26 Å². The number of hydrogen-bond donors (Lipinski definition) is 3. The normalized spacial score (nSPS) is 12.7. The van der Waals surface area contributed by atoms with Crippen LogP contribution < -0.4 is 9.46 Å². The standard InChI is InChI=1S/C20H20I2N2O6S/c1-11-20(12(2)30-23-11)31(27,28)24-14(10-25)7-13-8-17(21)19(18(22)9-13)29-16-5-3-15(26)4-6-16/h3-6,8-9,14,24-26H,7,10H2,1-2H3. The van der Waals surface area contributed by atoms with Gasteiger partial charge in [0, 0.05) is 6.04 Å². The highest BCUT2D eigenvalue weighted by Gasteiger charge is 2.27. The number of aliphatic hydroxyl groups is 1. The summed E-state index contributed by atoms with van der Waals surface area (Å²) in [6.07, 6.45) is 0.282. The van der Waals surface area contributed by atoms with Gasteiger partial charge < -0.3 is 19.5 Å². The smallest absolute Gasteiger partial charge is 0.246 e. The topological polar surface area (TPSA) is 122 Å². The molecule has 0 saturated carbocycles. The molecule has 3 N–H and O–H groups in total. The molecular weight excluding hydrogens is 650 g/mol. The van der Waals surface area contributed by atoms with Crippen molar-refractivity contribution in [1.82, 2.24) is 9.88 Å². The predicted molar refractivity (Wildman–Crippen MR) is 131 cm³/mol. The number of rotatable bonds is 8. The number of sulfonamides is 1. The molecule has 0 spiro atoms. The molecule has 3 rings (SSSR count). The van der Waals surface area contributed by atoms with Crippen LogP contribution in [0.25, 0.3) is 0 Å². The van der Waals surface area contributed by atoms with Gasteiger partial charge in [-0.2, -0.15) is 0 Å². The number of nitrogens with one attached hydrogen (secondary N) is 1. The number of aromatic nitrogens is 1. The van der Waals surface area contributed by atoms with E-state index < -0.39 is 16.1 Å². The monoisotopic (exact) mass is 670 g/mol. The van der Waals surface area contributed by atoms with Crippen molar-refractivity contribution >= 4 is 55.2 Å². The van der Waals surface area contributed by atoms with Crippen LogP contribution in [0.1, 0.15) is 17.0 Å². The van der Waals surface area contributed by atoms with Crippen molar-refractivity contribution in [2.45, 2.75) is 31.2 Å². The van der Waals surface area contributed by atoms with Gasteiger partial charge in [0.05, 0.1) is 13.7 Å². The van der Waals surface area contributed by atoms with Crippen molar-refractivity contribution in [2.24, 2.45) is 0 Å². The summed E-state index contributed by atoms with van der Waals surface area (Å²) in [4.78, 5) is -0.00671. The molecule has 0 aliphatic heterocycles. The highest BCUT2D eigenvalue weighted by molar-refractivity contribution is 14.1. The van der Waals surface area contributed by atoms with Gasteiger partial charge in [-0.15, -0.1) is 0 Å². The zero-order chi connectivity index (χ0) is 22.8. The van der Waals surface area contributed by atoms with Crippen LogP contribution in [0.15, 0.2) is 45.8 Å². The largest absolute Gasteiger partial charge is 0.508 e. The number of aryl methyl sites for hydroxylation is 2. The van der Waals surface area contributed by atoms with Crippen molar-refractivity contribution in [2.75, 3.05) is 6.61 Å². The van der Waals surface area contributed by atoms with Crippen LogP contribution >= 0.6 is 45.2 Å². The lowest BCUT2D eigenvalue weighted by atomic mass is 10.1. The average molecular weight is 670 g/mol. The average Bonchev–Trinajstić information content (AvgIpc) is 3.04. The van der Waals surface area contributed by atoms with Gasteiger partial charge in [-0.05, 0) is 107 Å². The second-order valence-electron chi connectivity index (χ2n) is 6.84. The molecule has 166 valence electrons. The van der Waals surface area contributed by atoms with Gasteiger partial charge in [-0.3, -0.25) is 0 Å². The SMILES string of the molecule is Cc1noc(C)c1S(=O)(=O)NC(CO)Cc1cc(I)c(Oc2ccc(O)cc2)c(I)c1. The van der Waals surface area contributed by atoms with Crippen molar-refractivity contribution in [3.63, 3.8) is 0 Å². The Bertz CT molecular complexity index is 1140. The summed E-state index contributed by atoms with van der Waals surface area (Å²) in [5.74, 6) is 1.59. The lowest BCUT2D eigenvalue weighted by Crippen LogP contribution is -2.39. The van der Waals surface area contributed by atoms with Gasteiger partial charge in [-0.25, -0.2) is 13.1 Å². The Labute approximate surface area is 207 Å². The minimum Gasteiger partial charge on any atom is -0.508 e. The number of phenols is 1. The number of nitrogens with zero attached hydrogens (tertiary/aromatic N) is 1.